The fourth-order valence-corrected chi connectivity index (χ4v) is 1.99. The van der Waals surface area contributed by atoms with Crippen LogP contribution in [0.3, 0.4) is 0 Å². The number of fused-ring (bicyclic) bond motifs is 1. The van der Waals surface area contributed by atoms with Gasteiger partial charge in [0.2, 0.25) is 0 Å². The summed E-state index contributed by atoms with van der Waals surface area (Å²) in [5, 5.41) is 1.05. The number of aromatic nitrogens is 1. The largest absolute Gasteiger partial charge is 0.457 e. The Kier molecular flexibility index (Phi) is 2.52. The molecular weight excluding hydrogens is 229 g/mol. The maximum Gasteiger partial charge on any atom is 0.136 e. The van der Waals surface area contributed by atoms with Crippen LogP contribution in [0.25, 0.3) is 10.9 Å². The van der Waals surface area contributed by atoms with Crippen molar-refractivity contribution in [1.29, 1.82) is 0 Å². The van der Waals surface area contributed by atoms with Gasteiger partial charge in [0, 0.05) is 18.6 Å². The first-order valence-electron chi connectivity index (χ1n) is 5.71. The zero-order valence-electron chi connectivity index (χ0n) is 9.93. The van der Waals surface area contributed by atoms with Crippen LogP contribution in [-0.4, -0.2) is 4.57 Å². The van der Waals surface area contributed by atoms with Crippen molar-refractivity contribution in [2.75, 3.05) is 0 Å². The van der Waals surface area contributed by atoms with E-state index in [2.05, 4.69) is 0 Å². The molecule has 0 aliphatic carbocycles. The summed E-state index contributed by atoms with van der Waals surface area (Å²) < 4.78 is 20.6. The van der Waals surface area contributed by atoms with Crippen molar-refractivity contribution in [3.8, 4) is 11.5 Å². The quantitative estimate of drug-likeness (QED) is 0.658. The highest BCUT2D eigenvalue weighted by Gasteiger charge is 2.05. The van der Waals surface area contributed by atoms with E-state index < -0.39 is 0 Å². The molecule has 0 aliphatic rings. The molecule has 3 aromatic rings. The van der Waals surface area contributed by atoms with Gasteiger partial charge in [0.05, 0.1) is 5.52 Å². The van der Waals surface area contributed by atoms with E-state index >= 15 is 0 Å². The minimum atomic E-state index is -0.264. The van der Waals surface area contributed by atoms with Crippen molar-refractivity contribution >= 4 is 10.9 Å². The lowest BCUT2D eigenvalue weighted by molar-refractivity contribution is 0.486. The van der Waals surface area contributed by atoms with Gasteiger partial charge in [-0.05, 0) is 42.5 Å². The average Bonchev–Trinajstić information content (AvgIpc) is 2.76. The van der Waals surface area contributed by atoms with E-state index in [1.807, 2.05) is 42.1 Å². The Morgan fingerprint density at radius 2 is 1.78 bits per heavy atom. The molecule has 1 aromatic heterocycles. The summed E-state index contributed by atoms with van der Waals surface area (Å²) in [4.78, 5) is 0. The lowest BCUT2D eigenvalue weighted by Gasteiger charge is -2.07. The van der Waals surface area contributed by atoms with Gasteiger partial charge in [-0.2, -0.15) is 0 Å². The maximum atomic E-state index is 12.8. The second kappa shape index (κ2) is 4.18. The molecule has 3 rings (SSSR count). The average molecular weight is 241 g/mol. The third kappa shape index (κ3) is 1.84. The lowest BCUT2D eigenvalue weighted by atomic mass is 10.2. The molecule has 0 aliphatic heterocycles. The fourth-order valence-electron chi connectivity index (χ4n) is 1.99. The van der Waals surface area contributed by atoms with Crippen LogP contribution >= 0.6 is 0 Å². The first-order valence-corrected chi connectivity index (χ1v) is 5.71. The molecule has 3 heteroatoms. The summed E-state index contributed by atoms with van der Waals surface area (Å²) in [6.07, 6.45) is 1.99. The van der Waals surface area contributed by atoms with Crippen molar-refractivity contribution < 1.29 is 9.13 Å². The zero-order valence-corrected chi connectivity index (χ0v) is 9.93. The zero-order chi connectivity index (χ0) is 12.5. The molecule has 0 bridgehead atoms. The molecule has 0 unspecified atom stereocenters. The summed E-state index contributed by atoms with van der Waals surface area (Å²) in [5.74, 6) is 1.15. The molecule has 90 valence electrons. The Bertz CT molecular complexity index is 685. The number of halogens is 1. The molecule has 2 nitrogen and oxygen atoms in total. The van der Waals surface area contributed by atoms with Crippen molar-refractivity contribution in [2.45, 2.75) is 0 Å². The van der Waals surface area contributed by atoms with Crippen molar-refractivity contribution in [2.24, 2.45) is 7.05 Å². The van der Waals surface area contributed by atoms with Crippen LogP contribution in [0, 0.1) is 5.82 Å². The number of nitrogens with zero attached hydrogens (tertiary/aromatic N) is 1. The lowest BCUT2D eigenvalue weighted by Crippen LogP contribution is -1.87. The molecule has 0 N–H and O–H groups in total. The predicted octanol–water partition coefficient (Wildman–Crippen LogP) is 4.11. The van der Waals surface area contributed by atoms with Crippen molar-refractivity contribution in [3.05, 3.63) is 60.5 Å². The van der Waals surface area contributed by atoms with Gasteiger partial charge in [-0.25, -0.2) is 4.39 Å². The van der Waals surface area contributed by atoms with Gasteiger partial charge in [-0.3, -0.25) is 0 Å². The Hall–Kier alpha value is -2.29. The molecule has 0 saturated carbocycles. The summed E-state index contributed by atoms with van der Waals surface area (Å²) >= 11 is 0. The first-order chi connectivity index (χ1) is 8.74. The molecule has 0 saturated heterocycles. The van der Waals surface area contributed by atoms with E-state index in [9.17, 15) is 4.39 Å². The monoisotopic (exact) mass is 241 g/mol. The molecule has 0 spiro atoms. The van der Waals surface area contributed by atoms with E-state index in [4.69, 9.17) is 4.74 Å². The van der Waals surface area contributed by atoms with E-state index in [-0.39, 0.29) is 5.82 Å². The second-order valence-corrected chi connectivity index (χ2v) is 4.17. The minimum absolute atomic E-state index is 0.264. The molecule has 0 radical (unpaired) electrons. The molecule has 0 amide bonds. The third-order valence-electron chi connectivity index (χ3n) is 2.93. The first kappa shape index (κ1) is 10.8. The topological polar surface area (TPSA) is 14.2 Å². The van der Waals surface area contributed by atoms with Gasteiger partial charge in [-0.15, -0.1) is 0 Å². The maximum absolute atomic E-state index is 12.8. The van der Waals surface area contributed by atoms with E-state index in [0.717, 1.165) is 16.7 Å². The smallest absolute Gasteiger partial charge is 0.136 e. The van der Waals surface area contributed by atoms with E-state index in [1.165, 1.54) is 12.1 Å². The number of rotatable bonds is 2. The van der Waals surface area contributed by atoms with Gasteiger partial charge in [-0.1, -0.05) is 6.07 Å². The number of hydrogen-bond acceptors (Lipinski definition) is 1. The number of hydrogen-bond donors (Lipinski definition) is 0. The van der Waals surface area contributed by atoms with Crippen LogP contribution in [0.4, 0.5) is 4.39 Å². The van der Waals surface area contributed by atoms with Gasteiger partial charge in [0.1, 0.15) is 17.3 Å². The van der Waals surface area contributed by atoms with Crippen LogP contribution in [0.15, 0.2) is 54.7 Å². The molecule has 18 heavy (non-hydrogen) atoms. The number of benzene rings is 2. The Balaban J connectivity index is 2.02. The highest BCUT2D eigenvalue weighted by Crippen LogP contribution is 2.30. The van der Waals surface area contributed by atoms with E-state index in [0.29, 0.717) is 5.75 Å². The van der Waals surface area contributed by atoms with Crippen LogP contribution in [0.1, 0.15) is 0 Å². The van der Waals surface area contributed by atoms with Crippen molar-refractivity contribution in [3.63, 3.8) is 0 Å². The van der Waals surface area contributed by atoms with Gasteiger partial charge in [0.25, 0.3) is 0 Å². The molecule has 1 heterocycles. The number of aryl methyl sites for hydroxylation is 1. The summed E-state index contributed by atoms with van der Waals surface area (Å²) in [6.45, 7) is 0. The van der Waals surface area contributed by atoms with Gasteiger partial charge < -0.3 is 9.30 Å². The Labute approximate surface area is 104 Å². The van der Waals surface area contributed by atoms with E-state index in [1.54, 1.807) is 12.1 Å². The van der Waals surface area contributed by atoms with Crippen molar-refractivity contribution in [1.82, 2.24) is 4.57 Å². The standard InChI is InChI=1S/C15H12FNO/c1-17-10-9-13-14(17)3-2-4-15(13)18-12-7-5-11(16)6-8-12/h2-10H,1H3. The summed E-state index contributed by atoms with van der Waals surface area (Å²) in [7, 11) is 1.99. The summed E-state index contributed by atoms with van der Waals surface area (Å²) in [6, 6.07) is 13.9. The normalized spacial score (nSPS) is 10.8. The Morgan fingerprint density at radius 1 is 1.00 bits per heavy atom. The Morgan fingerprint density at radius 3 is 2.56 bits per heavy atom. The number of ether oxygens (including phenoxy) is 1. The predicted molar refractivity (Wildman–Crippen MR) is 69.4 cm³/mol. The highest BCUT2D eigenvalue weighted by molar-refractivity contribution is 5.86. The molecule has 2 aromatic carbocycles. The SMILES string of the molecule is Cn1ccc2c(Oc3ccc(F)cc3)cccc21. The third-order valence-corrected chi connectivity index (χ3v) is 2.93. The van der Waals surface area contributed by atoms with Crippen LogP contribution < -0.4 is 4.74 Å². The minimum Gasteiger partial charge on any atom is -0.457 e. The molecule has 0 fully saturated rings. The van der Waals surface area contributed by atoms with Crippen LogP contribution in [-0.2, 0) is 7.05 Å². The van der Waals surface area contributed by atoms with Crippen LogP contribution in [0.5, 0.6) is 11.5 Å². The second-order valence-electron chi connectivity index (χ2n) is 4.17. The highest BCUT2D eigenvalue weighted by atomic mass is 19.1. The van der Waals surface area contributed by atoms with Crippen LogP contribution in [0.2, 0.25) is 0 Å². The fraction of sp³-hybridized carbons (Fsp3) is 0.0667. The molecule has 0 atom stereocenters. The van der Waals surface area contributed by atoms with Gasteiger partial charge in [0.15, 0.2) is 0 Å². The van der Waals surface area contributed by atoms with Gasteiger partial charge >= 0.3 is 0 Å². The summed E-state index contributed by atoms with van der Waals surface area (Å²) in [5.41, 5.74) is 1.11. The molecular formula is C15H12FNO.